The molecule has 0 bridgehead atoms. The van der Waals surface area contributed by atoms with Gasteiger partial charge in [0, 0.05) is 24.9 Å². The fraction of sp³-hybridized carbons (Fsp3) is 0.154. The second kappa shape index (κ2) is 4.56. The molecular formula is C13H12N4O2. The summed E-state index contributed by atoms with van der Waals surface area (Å²) in [6.07, 6.45) is 3.81. The third-order valence-electron chi connectivity index (χ3n) is 3.05. The Morgan fingerprint density at radius 2 is 2.05 bits per heavy atom. The van der Waals surface area contributed by atoms with E-state index in [1.165, 1.54) is 4.57 Å². The lowest BCUT2D eigenvalue weighted by molar-refractivity contribution is 0.630. The average molecular weight is 256 g/mol. The molecule has 0 saturated heterocycles. The van der Waals surface area contributed by atoms with Crippen molar-refractivity contribution in [2.24, 2.45) is 0 Å². The summed E-state index contributed by atoms with van der Waals surface area (Å²) in [4.78, 5) is 33.7. The van der Waals surface area contributed by atoms with E-state index in [4.69, 9.17) is 0 Å². The van der Waals surface area contributed by atoms with Crippen molar-refractivity contribution in [2.75, 3.05) is 0 Å². The van der Waals surface area contributed by atoms with Gasteiger partial charge in [-0.15, -0.1) is 0 Å². The Morgan fingerprint density at radius 1 is 1.21 bits per heavy atom. The summed E-state index contributed by atoms with van der Waals surface area (Å²) in [5, 5.41) is 0.520. The van der Waals surface area contributed by atoms with Crippen LogP contribution in [-0.2, 0) is 13.0 Å². The molecule has 0 unspecified atom stereocenters. The maximum atomic E-state index is 12.2. The number of benzene rings is 1. The molecule has 3 aromatic rings. The number of aromatic amines is 2. The molecule has 3 rings (SSSR count). The van der Waals surface area contributed by atoms with Crippen molar-refractivity contribution in [3.05, 3.63) is 63.3 Å². The number of hydrogen-bond donors (Lipinski definition) is 2. The van der Waals surface area contributed by atoms with E-state index in [-0.39, 0.29) is 11.2 Å². The maximum Gasteiger partial charge on any atom is 0.328 e. The molecule has 0 spiro atoms. The van der Waals surface area contributed by atoms with Crippen LogP contribution in [0.25, 0.3) is 10.9 Å². The third-order valence-corrected chi connectivity index (χ3v) is 3.05. The Morgan fingerprint density at radius 3 is 2.84 bits per heavy atom. The summed E-state index contributed by atoms with van der Waals surface area (Å²) in [5.41, 5.74) is 0.803. The lowest BCUT2D eigenvalue weighted by atomic mass is 10.2. The molecule has 96 valence electrons. The molecule has 0 aliphatic heterocycles. The average Bonchev–Trinajstić information content (AvgIpc) is 2.92. The molecule has 2 N–H and O–H groups in total. The van der Waals surface area contributed by atoms with Crippen molar-refractivity contribution >= 4 is 10.9 Å². The number of nitrogens with zero attached hydrogens (tertiary/aromatic N) is 2. The van der Waals surface area contributed by atoms with E-state index in [0.717, 1.165) is 5.69 Å². The first-order chi connectivity index (χ1) is 9.25. The summed E-state index contributed by atoms with van der Waals surface area (Å²) < 4.78 is 1.21. The van der Waals surface area contributed by atoms with E-state index in [9.17, 15) is 9.59 Å². The molecule has 2 aromatic heterocycles. The predicted octanol–water partition coefficient (Wildman–Crippen LogP) is 0.656. The number of hydrogen-bond acceptors (Lipinski definition) is 3. The standard InChI is InChI=1S/C13H12N4O2/c18-12-10-3-1-2-4-11(10)16-13(19)17(12)6-5-9-7-14-8-15-9/h1-4,7-8H,5-6H2,(H,14,15)(H,16,19). The van der Waals surface area contributed by atoms with Gasteiger partial charge >= 0.3 is 5.69 Å². The molecule has 0 amide bonds. The van der Waals surface area contributed by atoms with Gasteiger partial charge in [-0.2, -0.15) is 0 Å². The first-order valence-corrected chi connectivity index (χ1v) is 5.95. The number of H-pyrrole nitrogens is 2. The fourth-order valence-electron chi connectivity index (χ4n) is 2.06. The number of rotatable bonds is 3. The highest BCUT2D eigenvalue weighted by molar-refractivity contribution is 5.76. The van der Waals surface area contributed by atoms with E-state index in [2.05, 4.69) is 15.0 Å². The summed E-state index contributed by atoms with van der Waals surface area (Å²) in [5.74, 6) is 0. The smallest absolute Gasteiger partial charge is 0.328 e. The zero-order valence-electron chi connectivity index (χ0n) is 10.1. The minimum Gasteiger partial charge on any atom is -0.348 e. The van der Waals surface area contributed by atoms with Gasteiger partial charge in [0.15, 0.2) is 0 Å². The minimum absolute atomic E-state index is 0.265. The van der Waals surface area contributed by atoms with Gasteiger partial charge in [0.1, 0.15) is 0 Å². The molecule has 0 atom stereocenters. The van der Waals surface area contributed by atoms with Crippen LogP contribution in [0.15, 0.2) is 46.4 Å². The Hall–Kier alpha value is -2.63. The van der Waals surface area contributed by atoms with Crippen LogP contribution in [0.3, 0.4) is 0 Å². The van der Waals surface area contributed by atoms with Gasteiger partial charge in [0.05, 0.1) is 17.2 Å². The van der Waals surface area contributed by atoms with Crippen molar-refractivity contribution in [3.63, 3.8) is 0 Å². The van der Waals surface area contributed by atoms with Gasteiger partial charge in [0.2, 0.25) is 0 Å². The number of fused-ring (bicyclic) bond motifs is 1. The topological polar surface area (TPSA) is 83.5 Å². The molecule has 0 fully saturated rings. The highest BCUT2D eigenvalue weighted by Crippen LogP contribution is 2.03. The van der Waals surface area contributed by atoms with Gasteiger partial charge in [0.25, 0.3) is 5.56 Å². The van der Waals surface area contributed by atoms with Gasteiger partial charge in [-0.3, -0.25) is 9.36 Å². The van der Waals surface area contributed by atoms with E-state index < -0.39 is 0 Å². The number of para-hydroxylation sites is 1. The minimum atomic E-state index is -0.386. The number of aryl methyl sites for hydroxylation is 1. The number of nitrogens with one attached hydrogen (secondary N) is 2. The highest BCUT2D eigenvalue weighted by Gasteiger charge is 2.07. The lowest BCUT2D eigenvalue weighted by Crippen LogP contribution is -2.35. The maximum absolute atomic E-state index is 12.2. The van der Waals surface area contributed by atoms with Crippen LogP contribution in [0.2, 0.25) is 0 Å². The van der Waals surface area contributed by atoms with Gasteiger partial charge in [-0.05, 0) is 12.1 Å². The second-order valence-electron chi connectivity index (χ2n) is 4.26. The Balaban J connectivity index is 2.04. The van der Waals surface area contributed by atoms with E-state index >= 15 is 0 Å². The summed E-state index contributed by atoms with van der Waals surface area (Å²) in [6.45, 7) is 0.321. The molecular weight excluding hydrogens is 244 g/mol. The molecule has 0 aliphatic rings. The molecule has 19 heavy (non-hydrogen) atoms. The summed E-state index contributed by atoms with van der Waals surface area (Å²) >= 11 is 0. The van der Waals surface area contributed by atoms with Crippen molar-refractivity contribution in [3.8, 4) is 0 Å². The fourth-order valence-corrected chi connectivity index (χ4v) is 2.06. The Labute approximate surface area is 107 Å². The molecule has 0 saturated carbocycles. The SMILES string of the molecule is O=c1[nH]c2ccccc2c(=O)n1CCc1cnc[nH]1. The van der Waals surface area contributed by atoms with Gasteiger partial charge in [-0.25, -0.2) is 9.78 Å². The van der Waals surface area contributed by atoms with Gasteiger partial charge in [-0.1, -0.05) is 12.1 Å². The third kappa shape index (κ3) is 2.08. The molecule has 0 radical (unpaired) electrons. The monoisotopic (exact) mass is 256 g/mol. The molecule has 6 nitrogen and oxygen atoms in total. The highest BCUT2D eigenvalue weighted by atomic mass is 16.2. The summed E-state index contributed by atoms with van der Waals surface area (Å²) in [6, 6.07) is 6.99. The zero-order chi connectivity index (χ0) is 13.2. The van der Waals surface area contributed by atoms with Crippen molar-refractivity contribution in [1.82, 2.24) is 19.5 Å². The van der Waals surface area contributed by atoms with Crippen LogP contribution in [-0.4, -0.2) is 19.5 Å². The Kier molecular flexibility index (Phi) is 2.75. The molecule has 2 heterocycles. The molecule has 0 aliphatic carbocycles. The lowest BCUT2D eigenvalue weighted by Gasteiger charge is -2.05. The van der Waals surface area contributed by atoms with Crippen molar-refractivity contribution in [2.45, 2.75) is 13.0 Å². The van der Waals surface area contributed by atoms with E-state index in [1.807, 2.05) is 0 Å². The van der Waals surface area contributed by atoms with Crippen LogP contribution >= 0.6 is 0 Å². The molecule has 1 aromatic carbocycles. The van der Waals surface area contributed by atoms with Crippen LogP contribution < -0.4 is 11.2 Å². The first-order valence-electron chi connectivity index (χ1n) is 5.95. The predicted molar refractivity (Wildman–Crippen MR) is 71.1 cm³/mol. The number of imidazole rings is 1. The van der Waals surface area contributed by atoms with Crippen molar-refractivity contribution in [1.29, 1.82) is 0 Å². The van der Waals surface area contributed by atoms with Gasteiger partial charge < -0.3 is 9.97 Å². The number of aromatic nitrogens is 4. The van der Waals surface area contributed by atoms with Crippen LogP contribution in [0.4, 0.5) is 0 Å². The molecule has 6 heteroatoms. The normalized spacial score (nSPS) is 10.9. The van der Waals surface area contributed by atoms with Crippen molar-refractivity contribution < 1.29 is 0 Å². The quantitative estimate of drug-likeness (QED) is 0.722. The second-order valence-corrected chi connectivity index (χ2v) is 4.26. The largest absolute Gasteiger partial charge is 0.348 e. The van der Waals surface area contributed by atoms with Crippen LogP contribution in [0.5, 0.6) is 0 Å². The van der Waals surface area contributed by atoms with E-state index in [0.29, 0.717) is 23.9 Å². The zero-order valence-corrected chi connectivity index (χ0v) is 10.1. The van der Waals surface area contributed by atoms with Crippen LogP contribution in [0, 0.1) is 0 Å². The van der Waals surface area contributed by atoms with E-state index in [1.54, 1.807) is 36.8 Å². The Bertz CT molecular complexity index is 815. The first kappa shape index (κ1) is 11.5. The van der Waals surface area contributed by atoms with Crippen LogP contribution in [0.1, 0.15) is 5.69 Å². The summed E-state index contributed by atoms with van der Waals surface area (Å²) in [7, 11) is 0.